The Labute approximate surface area is 107 Å². The summed E-state index contributed by atoms with van der Waals surface area (Å²) in [6.07, 6.45) is 0. The predicted octanol–water partition coefficient (Wildman–Crippen LogP) is 3.66. The Morgan fingerprint density at radius 1 is 1.41 bits per heavy atom. The van der Waals surface area contributed by atoms with Gasteiger partial charge in [0.1, 0.15) is 4.88 Å². The van der Waals surface area contributed by atoms with Crippen LogP contribution in [0.3, 0.4) is 0 Å². The highest BCUT2D eigenvalue weighted by Crippen LogP contribution is 2.34. The Kier molecular flexibility index (Phi) is 3.09. The molecule has 1 heterocycles. The second kappa shape index (κ2) is 4.39. The van der Waals surface area contributed by atoms with Crippen LogP contribution in [0.4, 0.5) is 5.69 Å². The third kappa shape index (κ3) is 2.28. The van der Waals surface area contributed by atoms with E-state index in [0.717, 1.165) is 16.0 Å². The van der Waals surface area contributed by atoms with Crippen LogP contribution in [0, 0.1) is 6.92 Å². The van der Waals surface area contributed by atoms with Crippen LogP contribution in [0.1, 0.15) is 15.2 Å². The Morgan fingerprint density at radius 3 is 2.65 bits per heavy atom. The normalized spacial score (nSPS) is 10.5. The minimum Gasteiger partial charge on any atom is -0.477 e. The number of nitrogens with two attached hydrogens (primary N) is 1. The maximum absolute atomic E-state index is 10.9. The van der Waals surface area contributed by atoms with Gasteiger partial charge in [0, 0.05) is 9.90 Å². The van der Waals surface area contributed by atoms with E-state index in [2.05, 4.69) is 0 Å². The smallest absolute Gasteiger partial charge is 0.348 e. The second-order valence-electron chi connectivity index (χ2n) is 3.66. The van der Waals surface area contributed by atoms with Gasteiger partial charge >= 0.3 is 5.97 Å². The summed E-state index contributed by atoms with van der Waals surface area (Å²) in [5.74, 6) is -0.996. The maximum atomic E-state index is 10.9. The third-order valence-corrected chi connectivity index (χ3v) is 4.01. The van der Waals surface area contributed by atoms with Gasteiger partial charge in [0.25, 0.3) is 0 Å². The summed E-state index contributed by atoms with van der Waals surface area (Å²) in [7, 11) is 0. The van der Waals surface area contributed by atoms with Gasteiger partial charge in [-0.05, 0) is 36.2 Å². The summed E-state index contributed by atoms with van der Waals surface area (Å²) >= 11 is 7.11. The molecule has 0 saturated heterocycles. The van der Waals surface area contributed by atoms with Crippen LogP contribution < -0.4 is 5.73 Å². The van der Waals surface area contributed by atoms with Gasteiger partial charge in [-0.3, -0.25) is 0 Å². The summed E-state index contributed by atoms with van der Waals surface area (Å²) in [5, 5.41) is 9.63. The summed E-state index contributed by atoms with van der Waals surface area (Å²) in [4.78, 5) is 11.9. The topological polar surface area (TPSA) is 63.3 Å². The van der Waals surface area contributed by atoms with E-state index in [4.69, 9.17) is 22.4 Å². The largest absolute Gasteiger partial charge is 0.477 e. The molecule has 1 aromatic heterocycles. The van der Waals surface area contributed by atoms with Crippen molar-refractivity contribution in [3.8, 4) is 10.4 Å². The molecule has 0 fully saturated rings. The van der Waals surface area contributed by atoms with E-state index >= 15 is 0 Å². The van der Waals surface area contributed by atoms with Crippen LogP contribution in [-0.4, -0.2) is 11.1 Å². The number of carboxylic acid groups (broad SMARTS) is 1. The van der Waals surface area contributed by atoms with Crippen LogP contribution in [-0.2, 0) is 0 Å². The molecule has 0 atom stereocenters. The highest BCUT2D eigenvalue weighted by Gasteiger charge is 2.14. The molecule has 1 aromatic carbocycles. The quantitative estimate of drug-likeness (QED) is 0.873. The lowest BCUT2D eigenvalue weighted by atomic mass is 10.1. The van der Waals surface area contributed by atoms with Gasteiger partial charge in [-0.1, -0.05) is 17.7 Å². The standard InChI is InChI=1S/C12H10ClNO2S/c1-6-4-7(2-3-8(6)13)10-5-9(14)11(17-10)12(15)16/h2-5H,14H2,1H3,(H,15,16). The molecule has 0 aliphatic heterocycles. The van der Waals surface area contributed by atoms with Gasteiger partial charge in [0.2, 0.25) is 0 Å². The van der Waals surface area contributed by atoms with E-state index < -0.39 is 5.97 Å². The van der Waals surface area contributed by atoms with Crippen LogP contribution in [0.5, 0.6) is 0 Å². The van der Waals surface area contributed by atoms with Crippen LogP contribution in [0.2, 0.25) is 5.02 Å². The molecule has 17 heavy (non-hydrogen) atoms. The van der Waals surface area contributed by atoms with Crippen molar-refractivity contribution in [2.75, 3.05) is 5.73 Å². The van der Waals surface area contributed by atoms with E-state index in [1.165, 1.54) is 11.3 Å². The number of thiophene rings is 1. The molecule has 3 N–H and O–H groups in total. The van der Waals surface area contributed by atoms with Gasteiger partial charge < -0.3 is 10.8 Å². The molecule has 0 unspecified atom stereocenters. The summed E-state index contributed by atoms with van der Waals surface area (Å²) < 4.78 is 0. The molecule has 0 radical (unpaired) electrons. The lowest BCUT2D eigenvalue weighted by Crippen LogP contribution is -1.96. The zero-order valence-electron chi connectivity index (χ0n) is 9.03. The molecule has 0 amide bonds. The van der Waals surface area contributed by atoms with E-state index in [1.54, 1.807) is 12.1 Å². The van der Waals surface area contributed by atoms with E-state index in [9.17, 15) is 4.79 Å². The summed E-state index contributed by atoms with van der Waals surface area (Å²) in [6.45, 7) is 1.90. The van der Waals surface area contributed by atoms with Crippen LogP contribution >= 0.6 is 22.9 Å². The number of nitrogen functional groups attached to an aromatic ring is 1. The lowest BCUT2D eigenvalue weighted by Gasteiger charge is -2.01. The Morgan fingerprint density at radius 2 is 2.12 bits per heavy atom. The van der Waals surface area contributed by atoms with Gasteiger partial charge in [0.05, 0.1) is 5.69 Å². The second-order valence-corrected chi connectivity index (χ2v) is 5.12. The number of carbonyl (C=O) groups is 1. The molecular weight excluding hydrogens is 258 g/mol. The molecule has 0 bridgehead atoms. The molecule has 2 aromatic rings. The molecule has 88 valence electrons. The van der Waals surface area contributed by atoms with Crippen molar-refractivity contribution in [1.82, 2.24) is 0 Å². The van der Waals surface area contributed by atoms with Crippen LogP contribution in [0.15, 0.2) is 24.3 Å². The van der Waals surface area contributed by atoms with E-state index in [-0.39, 0.29) is 4.88 Å². The number of anilines is 1. The first-order valence-electron chi connectivity index (χ1n) is 4.88. The van der Waals surface area contributed by atoms with Gasteiger partial charge in [-0.2, -0.15) is 0 Å². The first kappa shape index (κ1) is 12.0. The molecule has 0 saturated carbocycles. The van der Waals surface area contributed by atoms with Crippen LogP contribution in [0.25, 0.3) is 10.4 Å². The number of benzene rings is 1. The fourth-order valence-corrected chi connectivity index (χ4v) is 2.54. The average Bonchev–Trinajstić information content (AvgIpc) is 2.64. The Hall–Kier alpha value is -1.52. The zero-order chi connectivity index (χ0) is 12.6. The molecule has 0 aliphatic rings. The van der Waals surface area contributed by atoms with E-state index in [0.29, 0.717) is 10.7 Å². The van der Waals surface area contributed by atoms with E-state index in [1.807, 2.05) is 19.1 Å². The van der Waals surface area contributed by atoms with Gasteiger partial charge in [-0.25, -0.2) is 4.79 Å². The van der Waals surface area contributed by atoms with Crippen molar-refractivity contribution in [2.24, 2.45) is 0 Å². The number of halogens is 1. The molecule has 0 aliphatic carbocycles. The monoisotopic (exact) mass is 267 g/mol. The van der Waals surface area contributed by atoms with Crippen molar-refractivity contribution in [3.05, 3.63) is 39.7 Å². The number of rotatable bonds is 2. The molecule has 0 spiro atoms. The van der Waals surface area contributed by atoms with Crippen molar-refractivity contribution >= 4 is 34.6 Å². The number of hydrogen-bond donors (Lipinski definition) is 2. The third-order valence-electron chi connectivity index (χ3n) is 2.40. The number of hydrogen-bond acceptors (Lipinski definition) is 3. The highest BCUT2D eigenvalue weighted by atomic mass is 35.5. The minimum absolute atomic E-state index is 0.174. The first-order chi connectivity index (χ1) is 7.99. The Bertz CT molecular complexity index is 592. The fourth-order valence-electron chi connectivity index (χ4n) is 1.51. The molecule has 3 nitrogen and oxygen atoms in total. The molecule has 2 rings (SSSR count). The minimum atomic E-state index is -0.996. The average molecular weight is 268 g/mol. The number of aromatic carboxylic acids is 1. The highest BCUT2D eigenvalue weighted by molar-refractivity contribution is 7.17. The zero-order valence-corrected chi connectivity index (χ0v) is 10.6. The predicted molar refractivity (Wildman–Crippen MR) is 70.9 cm³/mol. The van der Waals surface area contributed by atoms with Gasteiger partial charge in [0.15, 0.2) is 0 Å². The summed E-state index contributed by atoms with van der Waals surface area (Å²) in [6, 6.07) is 7.24. The number of aryl methyl sites for hydroxylation is 1. The van der Waals surface area contributed by atoms with Gasteiger partial charge in [-0.15, -0.1) is 11.3 Å². The molecular formula is C12H10ClNO2S. The first-order valence-corrected chi connectivity index (χ1v) is 6.07. The molecule has 5 heteroatoms. The lowest BCUT2D eigenvalue weighted by molar-refractivity contribution is 0.0703. The Balaban J connectivity index is 2.50. The number of carboxylic acids is 1. The SMILES string of the molecule is Cc1cc(-c2cc(N)c(C(=O)O)s2)ccc1Cl. The maximum Gasteiger partial charge on any atom is 0.348 e. The van der Waals surface area contributed by atoms with Crippen molar-refractivity contribution < 1.29 is 9.90 Å². The van der Waals surface area contributed by atoms with Crippen molar-refractivity contribution in [2.45, 2.75) is 6.92 Å². The fraction of sp³-hybridized carbons (Fsp3) is 0.0833. The van der Waals surface area contributed by atoms with Crippen molar-refractivity contribution in [1.29, 1.82) is 0 Å². The van der Waals surface area contributed by atoms with Crippen molar-refractivity contribution in [3.63, 3.8) is 0 Å². The summed E-state index contributed by atoms with van der Waals surface area (Å²) in [5.41, 5.74) is 7.83.